The van der Waals surface area contributed by atoms with Gasteiger partial charge in [-0.1, -0.05) is 0 Å². The standard InChI is InChI=1S/C10H14N4O3/c1-17-7-8(12-5-13-10(7)16)14-6-3-2-4-11-9(6)15/h5-6H,2-4H2,1H3,(H,11,15)(H2,12,13,14,16). The van der Waals surface area contributed by atoms with E-state index in [9.17, 15) is 9.59 Å². The molecule has 1 aliphatic rings. The number of ether oxygens (including phenoxy) is 1. The SMILES string of the molecule is COc1c(NC2CCCNC2=O)nc[nH]c1=O. The Morgan fingerprint density at radius 3 is 3.06 bits per heavy atom. The summed E-state index contributed by atoms with van der Waals surface area (Å²) in [6.07, 6.45) is 2.88. The fourth-order valence-electron chi connectivity index (χ4n) is 1.75. The van der Waals surface area contributed by atoms with Crippen LogP contribution in [0.4, 0.5) is 5.82 Å². The third-order valence-electron chi connectivity index (χ3n) is 2.61. The lowest BCUT2D eigenvalue weighted by molar-refractivity contribution is -0.123. The van der Waals surface area contributed by atoms with Gasteiger partial charge in [-0.3, -0.25) is 9.59 Å². The molecule has 17 heavy (non-hydrogen) atoms. The highest BCUT2D eigenvalue weighted by Crippen LogP contribution is 2.17. The molecule has 0 radical (unpaired) electrons. The molecule has 1 amide bonds. The summed E-state index contributed by atoms with van der Waals surface area (Å²) in [6, 6.07) is -0.369. The minimum Gasteiger partial charge on any atom is -0.489 e. The third kappa shape index (κ3) is 2.38. The second-order valence-electron chi connectivity index (χ2n) is 3.74. The Morgan fingerprint density at radius 2 is 2.35 bits per heavy atom. The Morgan fingerprint density at radius 1 is 1.53 bits per heavy atom. The van der Waals surface area contributed by atoms with Crippen LogP contribution in [0.25, 0.3) is 0 Å². The Balaban J connectivity index is 2.20. The minimum atomic E-state index is -0.374. The van der Waals surface area contributed by atoms with Crippen LogP contribution in [0.5, 0.6) is 5.75 Å². The minimum absolute atomic E-state index is 0.0830. The smallest absolute Gasteiger partial charge is 0.295 e. The number of nitrogens with one attached hydrogen (secondary N) is 3. The number of nitrogens with zero attached hydrogens (tertiary/aromatic N) is 1. The zero-order valence-corrected chi connectivity index (χ0v) is 9.45. The van der Waals surface area contributed by atoms with E-state index in [1.165, 1.54) is 13.4 Å². The number of carbonyl (C=O) groups excluding carboxylic acids is 1. The molecule has 0 aromatic carbocycles. The van der Waals surface area contributed by atoms with Crippen LogP contribution in [-0.2, 0) is 4.79 Å². The number of carbonyl (C=O) groups is 1. The molecule has 2 rings (SSSR count). The molecular weight excluding hydrogens is 224 g/mol. The van der Waals surface area contributed by atoms with Crippen LogP contribution in [-0.4, -0.2) is 35.6 Å². The number of rotatable bonds is 3. The van der Waals surface area contributed by atoms with Crippen LogP contribution >= 0.6 is 0 Å². The van der Waals surface area contributed by atoms with E-state index in [4.69, 9.17) is 4.74 Å². The number of hydrogen-bond acceptors (Lipinski definition) is 5. The van der Waals surface area contributed by atoms with Crippen LogP contribution in [0, 0.1) is 0 Å². The largest absolute Gasteiger partial charge is 0.489 e. The molecule has 1 aliphatic heterocycles. The molecule has 1 unspecified atom stereocenters. The summed E-state index contributed by atoms with van der Waals surface area (Å²) in [5, 5.41) is 5.67. The molecule has 1 aromatic rings. The van der Waals surface area contributed by atoms with E-state index in [1.807, 2.05) is 0 Å². The van der Waals surface area contributed by atoms with E-state index in [2.05, 4.69) is 20.6 Å². The van der Waals surface area contributed by atoms with Crippen LogP contribution in [0.3, 0.4) is 0 Å². The molecule has 1 aromatic heterocycles. The van der Waals surface area contributed by atoms with Crippen molar-refractivity contribution in [1.82, 2.24) is 15.3 Å². The molecule has 92 valence electrons. The predicted molar refractivity (Wildman–Crippen MR) is 61.1 cm³/mol. The number of aromatic amines is 1. The van der Waals surface area contributed by atoms with Crippen LogP contribution in [0.2, 0.25) is 0 Å². The van der Waals surface area contributed by atoms with Crippen molar-refractivity contribution in [1.29, 1.82) is 0 Å². The van der Waals surface area contributed by atoms with Gasteiger partial charge in [-0.05, 0) is 12.8 Å². The zero-order chi connectivity index (χ0) is 12.3. The quantitative estimate of drug-likeness (QED) is 0.657. The Kier molecular flexibility index (Phi) is 3.27. The van der Waals surface area contributed by atoms with E-state index >= 15 is 0 Å². The summed E-state index contributed by atoms with van der Waals surface area (Å²) in [7, 11) is 1.39. The average molecular weight is 238 g/mol. The second-order valence-corrected chi connectivity index (χ2v) is 3.74. The molecule has 3 N–H and O–H groups in total. The summed E-state index contributed by atoms with van der Waals surface area (Å²) in [5.41, 5.74) is -0.374. The number of methoxy groups -OCH3 is 1. The lowest BCUT2D eigenvalue weighted by atomic mass is 10.1. The van der Waals surface area contributed by atoms with Gasteiger partial charge in [0.05, 0.1) is 13.4 Å². The second kappa shape index (κ2) is 4.86. The highest BCUT2D eigenvalue weighted by atomic mass is 16.5. The van der Waals surface area contributed by atoms with Crippen molar-refractivity contribution < 1.29 is 9.53 Å². The van der Waals surface area contributed by atoms with Gasteiger partial charge in [-0.15, -0.1) is 0 Å². The summed E-state index contributed by atoms with van der Waals surface area (Å²) in [6.45, 7) is 0.691. The van der Waals surface area contributed by atoms with Gasteiger partial charge in [0.25, 0.3) is 5.56 Å². The molecule has 1 fully saturated rings. The fourth-order valence-corrected chi connectivity index (χ4v) is 1.75. The van der Waals surface area contributed by atoms with Crippen LogP contribution in [0.15, 0.2) is 11.1 Å². The summed E-state index contributed by atoms with van der Waals surface area (Å²) >= 11 is 0. The summed E-state index contributed by atoms with van der Waals surface area (Å²) in [4.78, 5) is 29.4. The first kappa shape index (κ1) is 11.4. The van der Waals surface area contributed by atoms with Crippen molar-refractivity contribution in [2.24, 2.45) is 0 Å². The first-order valence-electron chi connectivity index (χ1n) is 5.38. The van der Waals surface area contributed by atoms with E-state index in [-0.39, 0.29) is 23.3 Å². The van der Waals surface area contributed by atoms with Crippen LogP contribution < -0.4 is 20.9 Å². The normalized spacial score (nSPS) is 19.6. The predicted octanol–water partition coefficient (Wildman–Crippen LogP) is -0.531. The topological polar surface area (TPSA) is 96.1 Å². The number of hydrogen-bond donors (Lipinski definition) is 3. The van der Waals surface area contributed by atoms with E-state index in [0.717, 1.165) is 6.42 Å². The zero-order valence-electron chi connectivity index (χ0n) is 9.45. The number of anilines is 1. The monoisotopic (exact) mass is 238 g/mol. The lowest BCUT2D eigenvalue weighted by Gasteiger charge is -2.23. The van der Waals surface area contributed by atoms with Crippen molar-refractivity contribution in [2.75, 3.05) is 19.0 Å². The fraction of sp³-hybridized carbons (Fsp3) is 0.500. The summed E-state index contributed by atoms with van der Waals surface area (Å²) < 4.78 is 4.95. The van der Waals surface area contributed by atoms with Gasteiger partial charge in [0, 0.05) is 6.54 Å². The van der Waals surface area contributed by atoms with Gasteiger partial charge in [-0.2, -0.15) is 0 Å². The first-order valence-corrected chi connectivity index (χ1v) is 5.38. The Hall–Kier alpha value is -2.05. The van der Waals surface area contributed by atoms with Gasteiger partial charge in [-0.25, -0.2) is 4.98 Å². The number of H-pyrrole nitrogens is 1. The molecular formula is C10H14N4O3. The molecule has 1 saturated heterocycles. The van der Waals surface area contributed by atoms with Crippen molar-refractivity contribution in [3.8, 4) is 5.75 Å². The van der Waals surface area contributed by atoms with Crippen molar-refractivity contribution in [2.45, 2.75) is 18.9 Å². The summed E-state index contributed by atoms with van der Waals surface area (Å²) in [5.74, 6) is 0.296. The van der Waals surface area contributed by atoms with Crippen molar-refractivity contribution in [3.05, 3.63) is 16.7 Å². The number of amides is 1. The van der Waals surface area contributed by atoms with Crippen molar-refractivity contribution in [3.63, 3.8) is 0 Å². The van der Waals surface area contributed by atoms with Gasteiger partial charge in [0.15, 0.2) is 5.82 Å². The van der Waals surface area contributed by atoms with Gasteiger partial charge in [0.2, 0.25) is 11.7 Å². The van der Waals surface area contributed by atoms with Gasteiger partial charge < -0.3 is 20.4 Å². The maximum atomic E-state index is 11.6. The Labute approximate surface area is 97.6 Å². The highest BCUT2D eigenvalue weighted by molar-refractivity contribution is 5.85. The molecule has 7 nitrogen and oxygen atoms in total. The van der Waals surface area contributed by atoms with E-state index in [0.29, 0.717) is 18.8 Å². The third-order valence-corrected chi connectivity index (χ3v) is 2.61. The van der Waals surface area contributed by atoms with E-state index < -0.39 is 0 Å². The van der Waals surface area contributed by atoms with E-state index in [1.54, 1.807) is 0 Å². The van der Waals surface area contributed by atoms with Gasteiger partial charge >= 0.3 is 0 Å². The molecule has 7 heteroatoms. The molecule has 2 heterocycles. The molecule has 0 spiro atoms. The maximum absolute atomic E-state index is 11.6. The maximum Gasteiger partial charge on any atom is 0.295 e. The molecule has 1 atom stereocenters. The lowest BCUT2D eigenvalue weighted by Crippen LogP contribution is -2.44. The highest BCUT2D eigenvalue weighted by Gasteiger charge is 2.23. The van der Waals surface area contributed by atoms with Gasteiger partial charge in [0.1, 0.15) is 6.04 Å². The van der Waals surface area contributed by atoms with Crippen LogP contribution in [0.1, 0.15) is 12.8 Å². The van der Waals surface area contributed by atoms with Crippen molar-refractivity contribution >= 4 is 11.7 Å². The first-order chi connectivity index (χ1) is 8.22. The molecule has 0 saturated carbocycles. The Bertz CT molecular complexity index is 471. The average Bonchev–Trinajstić information content (AvgIpc) is 2.32. The number of aromatic nitrogens is 2. The molecule has 0 aliphatic carbocycles. The molecule has 0 bridgehead atoms. The number of piperidine rings is 1.